The van der Waals surface area contributed by atoms with Crippen LogP contribution in [0.25, 0.3) is 0 Å². The van der Waals surface area contributed by atoms with E-state index in [0.717, 1.165) is 5.56 Å². The summed E-state index contributed by atoms with van der Waals surface area (Å²) >= 11 is 1.47. The van der Waals surface area contributed by atoms with Crippen molar-refractivity contribution in [3.05, 3.63) is 35.9 Å². The van der Waals surface area contributed by atoms with Crippen molar-refractivity contribution in [2.75, 3.05) is 18.7 Å². The summed E-state index contributed by atoms with van der Waals surface area (Å²) in [6, 6.07) is 6.22. The van der Waals surface area contributed by atoms with Crippen molar-refractivity contribution >= 4 is 35.5 Å². The predicted molar refractivity (Wildman–Crippen MR) is 122 cm³/mol. The molecule has 3 N–H and O–H groups in total. The minimum Gasteiger partial charge on any atom is -0.445 e. The first-order chi connectivity index (χ1) is 15.2. The van der Waals surface area contributed by atoms with Crippen LogP contribution < -0.4 is 16.0 Å². The van der Waals surface area contributed by atoms with Gasteiger partial charge in [0.1, 0.15) is 25.4 Å². The molecule has 1 aromatic rings. The summed E-state index contributed by atoms with van der Waals surface area (Å²) < 4.78 is 17.9. The molecule has 0 heterocycles. The lowest BCUT2D eigenvalue weighted by Gasteiger charge is -2.24. The molecule has 0 aliphatic carbocycles. The molecule has 32 heavy (non-hydrogen) atoms. The van der Waals surface area contributed by atoms with E-state index in [1.165, 1.54) is 18.7 Å². The van der Waals surface area contributed by atoms with Crippen molar-refractivity contribution in [1.82, 2.24) is 16.0 Å². The molecule has 0 saturated carbocycles. The van der Waals surface area contributed by atoms with E-state index in [-0.39, 0.29) is 12.5 Å². The van der Waals surface area contributed by atoms with Gasteiger partial charge < -0.3 is 20.7 Å². The number of nitrogens with one attached hydrogen (secondary N) is 3. The zero-order chi connectivity index (χ0) is 24.1. The zero-order valence-electron chi connectivity index (χ0n) is 18.9. The Bertz CT molecular complexity index is 763. The van der Waals surface area contributed by atoms with Gasteiger partial charge in [0.05, 0.1) is 6.04 Å². The summed E-state index contributed by atoms with van der Waals surface area (Å²) in [5.74, 6) is -1.61. The van der Waals surface area contributed by atoms with Gasteiger partial charge in [-0.2, -0.15) is 11.8 Å². The quantitative estimate of drug-likeness (QED) is 0.408. The van der Waals surface area contributed by atoms with Crippen LogP contribution >= 0.6 is 11.8 Å². The lowest BCUT2D eigenvalue weighted by Crippen LogP contribution is -2.56. The maximum atomic E-state index is 12.8. The highest BCUT2D eigenvalue weighted by Gasteiger charge is 2.29. The van der Waals surface area contributed by atoms with Crippen LogP contribution in [0.15, 0.2) is 30.3 Å². The number of alkyl halides is 1. The number of halogens is 1. The number of thioether (sulfide) groups is 1. The van der Waals surface area contributed by atoms with Crippen LogP contribution in [0.5, 0.6) is 0 Å². The van der Waals surface area contributed by atoms with Crippen LogP contribution in [0.3, 0.4) is 0 Å². The molecule has 0 fully saturated rings. The zero-order valence-corrected chi connectivity index (χ0v) is 19.7. The fourth-order valence-corrected chi connectivity index (χ4v) is 3.21. The molecule has 0 radical (unpaired) electrons. The van der Waals surface area contributed by atoms with Crippen molar-refractivity contribution in [3.8, 4) is 0 Å². The largest absolute Gasteiger partial charge is 0.445 e. The second-order valence-corrected chi connectivity index (χ2v) is 8.59. The molecule has 0 aliphatic heterocycles. The number of benzene rings is 1. The molecule has 10 heteroatoms. The Morgan fingerprint density at radius 1 is 1.00 bits per heavy atom. The number of hydrogen-bond donors (Lipinski definition) is 3. The van der Waals surface area contributed by atoms with Crippen LogP contribution in [0.1, 0.15) is 32.8 Å². The maximum Gasteiger partial charge on any atom is 0.408 e. The van der Waals surface area contributed by atoms with Gasteiger partial charge in [-0.05, 0) is 36.8 Å². The van der Waals surface area contributed by atoms with Crippen LogP contribution in [0.4, 0.5) is 9.18 Å². The summed E-state index contributed by atoms with van der Waals surface area (Å²) in [5.41, 5.74) is 0.803. The summed E-state index contributed by atoms with van der Waals surface area (Å²) in [6.45, 7) is 3.81. The Kier molecular flexibility index (Phi) is 12.4. The van der Waals surface area contributed by atoms with Crippen molar-refractivity contribution in [2.45, 2.75) is 51.9 Å². The Morgan fingerprint density at radius 3 is 2.22 bits per heavy atom. The molecule has 178 valence electrons. The molecular weight excluding hydrogens is 437 g/mol. The monoisotopic (exact) mass is 469 g/mol. The summed E-state index contributed by atoms with van der Waals surface area (Å²) in [5, 5.41) is 7.53. The average molecular weight is 470 g/mol. The van der Waals surface area contributed by atoms with Crippen molar-refractivity contribution in [2.24, 2.45) is 5.92 Å². The van der Waals surface area contributed by atoms with E-state index >= 15 is 0 Å². The number of hydrogen-bond acceptors (Lipinski definition) is 6. The third-order valence-electron chi connectivity index (χ3n) is 4.63. The van der Waals surface area contributed by atoms with Gasteiger partial charge in [0, 0.05) is 0 Å². The molecule has 1 aromatic carbocycles. The van der Waals surface area contributed by atoms with Crippen LogP contribution in [0.2, 0.25) is 0 Å². The SMILES string of the molecule is CSCC[C@H](NC(=O)[C@H](C)NC(=O)[C@@H](NC(=O)OCc1ccccc1)C(C)C)C(=O)CF. The van der Waals surface area contributed by atoms with Gasteiger partial charge in [0.2, 0.25) is 11.8 Å². The number of alkyl carbamates (subject to hydrolysis) is 1. The van der Waals surface area contributed by atoms with Crippen LogP contribution in [0, 0.1) is 5.92 Å². The molecule has 1 rings (SSSR count). The molecule has 8 nitrogen and oxygen atoms in total. The molecule has 3 atom stereocenters. The van der Waals surface area contributed by atoms with E-state index in [2.05, 4.69) is 16.0 Å². The van der Waals surface area contributed by atoms with E-state index in [9.17, 15) is 23.6 Å². The van der Waals surface area contributed by atoms with E-state index < -0.39 is 48.5 Å². The minimum absolute atomic E-state index is 0.0535. The van der Waals surface area contributed by atoms with Crippen LogP contribution in [-0.2, 0) is 25.7 Å². The highest BCUT2D eigenvalue weighted by molar-refractivity contribution is 7.98. The number of carbonyl (C=O) groups excluding carboxylic acids is 4. The standard InChI is InChI=1S/C22H32FN3O5S/c1-14(2)19(26-22(30)31-13-16-8-6-5-7-9-16)21(29)24-15(3)20(28)25-17(10-11-32-4)18(27)12-23/h5-9,14-15,17,19H,10-13H2,1-4H3,(H,24,29)(H,25,28)(H,26,30)/t15-,17-,19-/m0/s1. The predicted octanol–water partition coefficient (Wildman–Crippen LogP) is 2.22. The van der Waals surface area contributed by atoms with E-state index in [1.807, 2.05) is 24.5 Å². The fraction of sp³-hybridized carbons (Fsp3) is 0.545. The molecular formula is C22H32FN3O5S. The van der Waals surface area contributed by atoms with Gasteiger partial charge in [-0.25, -0.2) is 9.18 Å². The normalized spacial score (nSPS) is 13.6. The molecule has 0 saturated heterocycles. The van der Waals surface area contributed by atoms with E-state index in [0.29, 0.717) is 12.2 Å². The molecule has 0 unspecified atom stereocenters. The van der Waals surface area contributed by atoms with Crippen molar-refractivity contribution in [3.63, 3.8) is 0 Å². The number of carbonyl (C=O) groups is 4. The summed E-state index contributed by atoms with van der Waals surface area (Å²) in [6.07, 6.45) is 1.37. The first-order valence-electron chi connectivity index (χ1n) is 10.3. The maximum absolute atomic E-state index is 12.8. The highest BCUT2D eigenvalue weighted by Crippen LogP contribution is 2.06. The number of ether oxygens (including phenoxy) is 1. The Hall–Kier alpha value is -2.62. The third-order valence-corrected chi connectivity index (χ3v) is 5.28. The summed E-state index contributed by atoms with van der Waals surface area (Å²) in [7, 11) is 0. The van der Waals surface area contributed by atoms with Gasteiger partial charge in [-0.15, -0.1) is 0 Å². The van der Waals surface area contributed by atoms with Gasteiger partial charge in [-0.3, -0.25) is 14.4 Å². The fourth-order valence-electron chi connectivity index (χ4n) is 2.73. The molecule has 0 spiro atoms. The van der Waals surface area contributed by atoms with Gasteiger partial charge in [0.15, 0.2) is 5.78 Å². The molecule has 0 aromatic heterocycles. The number of rotatable bonds is 13. The molecule has 0 bridgehead atoms. The number of amides is 3. The molecule has 3 amide bonds. The van der Waals surface area contributed by atoms with Gasteiger partial charge in [0.25, 0.3) is 0 Å². The van der Waals surface area contributed by atoms with Crippen molar-refractivity contribution in [1.29, 1.82) is 0 Å². The average Bonchev–Trinajstić information content (AvgIpc) is 2.78. The Morgan fingerprint density at radius 2 is 1.66 bits per heavy atom. The van der Waals surface area contributed by atoms with E-state index in [4.69, 9.17) is 4.74 Å². The lowest BCUT2D eigenvalue weighted by atomic mass is 10.0. The summed E-state index contributed by atoms with van der Waals surface area (Å²) in [4.78, 5) is 49.0. The Labute approximate surface area is 192 Å². The smallest absolute Gasteiger partial charge is 0.408 e. The van der Waals surface area contributed by atoms with Crippen LogP contribution in [-0.4, -0.2) is 60.5 Å². The highest BCUT2D eigenvalue weighted by atomic mass is 32.2. The third kappa shape index (κ3) is 9.67. The van der Waals surface area contributed by atoms with Crippen molar-refractivity contribution < 1.29 is 28.3 Å². The Balaban J connectivity index is 2.64. The second-order valence-electron chi connectivity index (χ2n) is 7.60. The minimum atomic E-state index is -1.18. The first kappa shape index (κ1) is 27.4. The first-order valence-corrected chi connectivity index (χ1v) is 11.7. The second kappa shape index (κ2) is 14.4. The van der Waals surface area contributed by atoms with Gasteiger partial charge in [-0.1, -0.05) is 44.2 Å². The lowest BCUT2D eigenvalue weighted by molar-refractivity contribution is -0.132. The number of Topliss-reactive ketones (excluding diaryl/α,β-unsaturated/α-hetero) is 1. The molecule has 0 aliphatic rings. The topological polar surface area (TPSA) is 114 Å². The number of ketones is 1. The van der Waals surface area contributed by atoms with Gasteiger partial charge >= 0.3 is 6.09 Å². The van der Waals surface area contributed by atoms with E-state index in [1.54, 1.807) is 26.0 Å².